The molecule has 8 nitrogen and oxygen atoms in total. The van der Waals surface area contributed by atoms with Crippen molar-refractivity contribution in [2.45, 2.75) is 17.7 Å². The second kappa shape index (κ2) is 8.41. The molecule has 0 amide bonds. The molecule has 1 aromatic rings. The van der Waals surface area contributed by atoms with Crippen molar-refractivity contribution in [1.82, 2.24) is 10.0 Å². The molecule has 0 saturated carbocycles. The molecular formula is C16H22N2O6S. The van der Waals surface area contributed by atoms with Crippen LogP contribution in [0.4, 0.5) is 0 Å². The fraction of sp³-hybridized carbons (Fsp3) is 0.500. The lowest BCUT2D eigenvalue weighted by atomic mass is 10.1. The predicted octanol–water partition coefficient (Wildman–Crippen LogP) is 0.538. The maximum absolute atomic E-state index is 12.5. The predicted molar refractivity (Wildman–Crippen MR) is 89.9 cm³/mol. The number of hydrogen-bond acceptors (Lipinski definition) is 7. The quantitative estimate of drug-likeness (QED) is 0.674. The van der Waals surface area contributed by atoms with Gasteiger partial charge in [0, 0.05) is 6.54 Å². The Hall–Kier alpha value is -1.97. The molecular weight excluding hydrogens is 348 g/mol. The molecule has 1 saturated heterocycles. The van der Waals surface area contributed by atoms with Crippen molar-refractivity contribution in [2.75, 3.05) is 33.9 Å². The Kier molecular flexibility index (Phi) is 6.51. The SMILES string of the molecule is COC(=O)c1cc(C(=O)OC)cc(S(=O)(=O)NCCC2CCNC2)c1. The normalized spacial score (nSPS) is 17.3. The van der Waals surface area contributed by atoms with Crippen LogP contribution < -0.4 is 10.0 Å². The van der Waals surface area contributed by atoms with Gasteiger partial charge < -0.3 is 14.8 Å². The van der Waals surface area contributed by atoms with Crippen LogP contribution in [-0.2, 0) is 19.5 Å². The van der Waals surface area contributed by atoms with Gasteiger partial charge in [-0.3, -0.25) is 0 Å². The number of benzene rings is 1. The maximum atomic E-state index is 12.5. The van der Waals surface area contributed by atoms with Crippen molar-refractivity contribution in [3.63, 3.8) is 0 Å². The first-order valence-corrected chi connectivity index (χ1v) is 9.38. The molecule has 138 valence electrons. The topological polar surface area (TPSA) is 111 Å². The van der Waals surface area contributed by atoms with Gasteiger partial charge in [0.05, 0.1) is 30.2 Å². The first-order chi connectivity index (χ1) is 11.9. The molecule has 1 aliphatic rings. The van der Waals surface area contributed by atoms with Gasteiger partial charge in [0.15, 0.2) is 0 Å². The number of hydrogen-bond donors (Lipinski definition) is 2. The maximum Gasteiger partial charge on any atom is 0.337 e. The monoisotopic (exact) mass is 370 g/mol. The van der Waals surface area contributed by atoms with E-state index in [1.807, 2.05) is 0 Å². The Morgan fingerprint density at radius 1 is 1.16 bits per heavy atom. The van der Waals surface area contributed by atoms with Crippen LogP contribution in [0, 0.1) is 5.92 Å². The summed E-state index contributed by atoms with van der Waals surface area (Å²) in [6, 6.07) is 3.59. The standard InChI is InChI=1S/C16H22N2O6S/c1-23-15(19)12-7-13(16(20)24-2)9-14(8-12)25(21,22)18-6-4-11-3-5-17-10-11/h7-9,11,17-18H,3-6,10H2,1-2H3. The Labute approximate surface area is 146 Å². The fourth-order valence-corrected chi connectivity index (χ4v) is 3.78. The van der Waals surface area contributed by atoms with E-state index in [-0.39, 0.29) is 22.6 Å². The highest BCUT2D eigenvalue weighted by Gasteiger charge is 2.22. The van der Waals surface area contributed by atoms with Gasteiger partial charge in [-0.15, -0.1) is 0 Å². The number of esters is 2. The van der Waals surface area contributed by atoms with Crippen molar-refractivity contribution >= 4 is 22.0 Å². The molecule has 1 unspecified atom stereocenters. The lowest BCUT2D eigenvalue weighted by Gasteiger charge is -2.12. The molecule has 2 rings (SSSR count). The number of methoxy groups -OCH3 is 2. The highest BCUT2D eigenvalue weighted by atomic mass is 32.2. The van der Waals surface area contributed by atoms with Gasteiger partial charge in [-0.25, -0.2) is 22.7 Å². The van der Waals surface area contributed by atoms with Crippen LogP contribution in [0.15, 0.2) is 23.1 Å². The average Bonchev–Trinajstić information content (AvgIpc) is 3.13. The van der Waals surface area contributed by atoms with E-state index in [1.165, 1.54) is 32.4 Å². The van der Waals surface area contributed by atoms with Crippen molar-refractivity contribution in [1.29, 1.82) is 0 Å². The Morgan fingerprint density at radius 3 is 2.24 bits per heavy atom. The van der Waals surface area contributed by atoms with Crippen molar-refractivity contribution < 1.29 is 27.5 Å². The molecule has 0 radical (unpaired) electrons. The second-order valence-electron chi connectivity index (χ2n) is 5.77. The summed E-state index contributed by atoms with van der Waals surface area (Å²) < 4.78 is 36.7. The highest BCUT2D eigenvalue weighted by Crippen LogP contribution is 2.18. The van der Waals surface area contributed by atoms with Gasteiger partial charge in [-0.1, -0.05) is 0 Å². The third-order valence-corrected chi connectivity index (χ3v) is 5.51. The van der Waals surface area contributed by atoms with Crippen LogP contribution >= 0.6 is 0 Å². The minimum Gasteiger partial charge on any atom is -0.465 e. The van der Waals surface area contributed by atoms with Crippen LogP contribution in [0.25, 0.3) is 0 Å². The van der Waals surface area contributed by atoms with Crippen LogP contribution in [0.2, 0.25) is 0 Å². The Morgan fingerprint density at radius 2 is 1.76 bits per heavy atom. The fourth-order valence-electron chi connectivity index (χ4n) is 2.67. The molecule has 0 spiro atoms. The first kappa shape index (κ1) is 19.4. The van der Waals surface area contributed by atoms with Crippen LogP contribution in [0.1, 0.15) is 33.6 Å². The molecule has 2 N–H and O–H groups in total. The van der Waals surface area contributed by atoms with E-state index in [0.717, 1.165) is 19.5 Å². The minimum absolute atomic E-state index is 0.0363. The number of nitrogens with one attached hydrogen (secondary N) is 2. The molecule has 1 heterocycles. The summed E-state index contributed by atoms with van der Waals surface area (Å²) in [6.45, 7) is 2.11. The zero-order chi connectivity index (χ0) is 18.4. The third-order valence-electron chi connectivity index (χ3n) is 4.07. The van der Waals surface area contributed by atoms with Gasteiger partial charge >= 0.3 is 11.9 Å². The smallest absolute Gasteiger partial charge is 0.337 e. The molecule has 0 aromatic heterocycles. The minimum atomic E-state index is -3.87. The summed E-state index contributed by atoms with van der Waals surface area (Å²) >= 11 is 0. The van der Waals surface area contributed by atoms with Gasteiger partial charge in [0.25, 0.3) is 0 Å². The average molecular weight is 370 g/mol. The number of rotatable bonds is 7. The van der Waals surface area contributed by atoms with E-state index in [1.54, 1.807) is 0 Å². The Balaban J connectivity index is 2.21. The van der Waals surface area contributed by atoms with E-state index in [9.17, 15) is 18.0 Å². The molecule has 0 bridgehead atoms. The van der Waals surface area contributed by atoms with Gasteiger partial charge in [0.1, 0.15) is 0 Å². The van der Waals surface area contributed by atoms with Crippen LogP contribution in [0.3, 0.4) is 0 Å². The number of ether oxygens (including phenoxy) is 2. The second-order valence-corrected chi connectivity index (χ2v) is 7.54. The van der Waals surface area contributed by atoms with E-state index >= 15 is 0 Å². The number of carbonyl (C=O) groups is 2. The molecule has 1 fully saturated rings. The summed E-state index contributed by atoms with van der Waals surface area (Å²) in [5, 5.41) is 3.22. The van der Waals surface area contributed by atoms with Crippen LogP contribution in [-0.4, -0.2) is 54.2 Å². The summed E-state index contributed by atoms with van der Waals surface area (Å²) in [6.07, 6.45) is 1.73. The summed E-state index contributed by atoms with van der Waals surface area (Å²) in [7, 11) is -1.51. The van der Waals surface area contributed by atoms with E-state index in [0.29, 0.717) is 12.3 Å². The van der Waals surface area contributed by atoms with E-state index in [4.69, 9.17) is 0 Å². The summed E-state index contributed by atoms with van der Waals surface area (Å²) in [5.41, 5.74) is -0.0727. The molecule has 1 atom stereocenters. The van der Waals surface area contributed by atoms with Crippen molar-refractivity contribution in [2.24, 2.45) is 5.92 Å². The van der Waals surface area contributed by atoms with Gasteiger partial charge in [-0.05, 0) is 50.0 Å². The third kappa shape index (κ3) is 5.00. The lowest BCUT2D eigenvalue weighted by Crippen LogP contribution is -2.27. The van der Waals surface area contributed by atoms with E-state index < -0.39 is 22.0 Å². The lowest BCUT2D eigenvalue weighted by molar-refractivity contribution is 0.0598. The zero-order valence-corrected chi connectivity index (χ0v) is 15.0. The molecule has 1 aromatic carbocycles. The van der Waals surface area contributed by atoms with Crippen molar-refractivity contribution in [3.8, 4) is 0 Å². The number of carbonyl (C=O) groups excluding carboxylic acids is 2. The zero-order valence-electron chi connectivity index (χ0n) is 14.2. The van der Waals surface area contributed by atoms with Gasteiger partial charge in [0.2, 0.25) is 10.0 Å². The largest absolute Gasteiger partial charge is 0.465 e. The van der Waals surface area contributed by atoms with Crippen molar-refractivity contribution in [3.05, 3.63) is 29.3 Å². The Bertz CT molecular complexity index is 707. The summed E-state index contributed by atoms with van der Waals surface area (Å²) in [5.74, 6) is -1.03. The molecule has 9 heteroatoms. The van der Waals surface area contributed by atoms with Gasteiger partial charge in [-0.2, -0.15) is 0 Å². The number of sulfonamides is 1. The molecule has 25 heavy (non-hydrogen) atoms. The molecule has 1 aliphatic heterocycles. The first-order valence-electron chi connectivity index (χ1n) is 7.89. The van der Waals surface area contributed by atoms with E-state index in [2.05, 4.69) is 19.5 Å². The van der Waals surface area contributed by atoms with Crippen LogP contribution in [0.5, 0.6) is 0 Å². The molecule has 0 aliphatic carbocycles. The summed E-state index contributed by atoms with van der Waals surface area (Å²) in [4.78, 5) is 23.3. The highest BCUT2D eigenvalue weighted by molar-refractivity contribution is 7.89.